The maximum absolute atomic E-state index is 5.91. The lowest BCUT2D eigenvalue weighted by Gasteiger charge is -2.33. The second kappa shape index (κ2) is 3.27. The topological polar surface area (TPSA) is 0 Å². The minimum atomic E-state index is -0.208. The molecule has 0 aromatic heterocycles. The van der Waals surface area contributed by atoms with Gasteiger partial charge >= 0.3 is 0 Å². The Balaban J connectivity index is 2.31. The van der Waals surface area contributed by atoms with E-state index in [1.807, 2.05) is 0 Å². The third-order valence-electron chi connectivity index (χ3n) is 2.68. The predicted octanol–water partition coefficient (Wildman–Crippen LogP) is 2.70. The highest BCUT2D eigenvalue weighted by molar-refractivity contribution is 6.94. The summed E-state index contributed by atoms with van der Waals surface area (Å²) in [5.74, 6) is 0. The lowest BCUT2D eigenvalue weighted by Crippen LogP contribution is -2.19. The molecule has 60 valence electrons. The molecule has 0 atom stereocenters. The van der Waals surface area contributed by atoms with E-state index in [-0.39, 0.29) is 8.83 Å². The Morgan fingerprint density at radius 1 is 1.30 bits per heavy atom. The van der Waals surface area contributed by atoms with Crippen LogP contribution in [-0.2, 0) is 0 Å². The highest BCUT2D eigenvalue weighted by Gasteiger charge is 2.26. The standard InChI is InChI=1S/C8H17ClSi/c1-8(2)5-3-7(10-9)4-6-8/h7H,3-6,10H2,1-2H3. The van der Waals surface area contributed by atoms with E-state index >= 15 is 0 Å². The molecule has 0 heterocycles. The van der Waals surface area contributed by atoms with Crippen LogP contribution in [0.4, 0.5) is 0 Å². The number of halogens is 1. The SMILES string of the molecule is CC1(C)CCC([SiH2]Cl)CC1. The molecule has 2 heteroatoms. The van der Waals surface area contributed by atoms with Gasteiger partial charge in [-0.05, 0) is 23.8 Å². The number of rotatable bonds is 1. The van der Waals surface area contributed by atoms with Crippen LogP contribution in [0.15, 0.2) is 0 Å². The van der Waals surface area contributed by atoms with E-state index in [0.29, 0.717) is 5.41 Å². The van der Waals surface area contributed by atoms with Crippen LogP contribution < -0.4 is 0 Å². The number of hydrogen-bond donors (Lipinski definition) is 0. The molecule has 0 amide bonds. The van der Waals surface area contributed by atoms with Crippen LogP contribution in [0.1, 0.15) is 39.5 Å². The molecule has 1 fully saturated rings. The molecule has 0 aliphatic heterocycles. The predicted molar refractivity (Wildman–Crippen MR) is 50.4 cm³/mol. The van der Waals surface area contributed by atoms with Crippen molar-refractivity contribution in [3.63, 3.8) is 0 Å². The minimum Gasteiger partial charge on any atom is -0.176 e. The van der Waals surface area contributed by atoms with Gasteiger partial charge in [0.1, 0.15) is 8.83 Å². The first kappa shape index (κ1) is 8.60. The summed E-state index contributed by atoms with van der Waals surface area (Å²) >= 11 is 5.91. The van der Waals surface area contributed by atoms with Gasteiger partial charge in [0.15, 0.2) is 0 Å². The second-order valence-corrected chi connectivity index (χ2v) is 6.65. The van der Waals surface area contributed by atoms with Crippen LogP contribution in [0.3, 0.4) is 0 Å². The molecular weight excluding hydrogens is 160 g/mol. The van der Waals surface area contributed by atoms with Crippen LogP contribution in [0.5, 0.6) is 0 Å². The monoisotopic (exact) mass is 176 g/mol. The van der Waals surface area contributed by atoms with Gasteiger partial charge in [-0.25, -0.2) is 0 Å². The molecule has 0 bridgehead atoms. The lowest BCUT2D eigenvalue weighted by molar-refractivity contribution is 0.245. The van der Waals surface area contributed by atoms with E-state index in [4.69, 9.17) is 11.1 Å². The summed E-state index contributed by atoms with van der Waals surface area (Å²) in [6.45, 7) is 4.75. The normalized spacial score (nSPS) is 27.9. The van der Waals surface area contributed by atoms with E-state index in [1.165, 1.54) is 25.7 Å². The zero-order chi connectivity index (χ0) is 7.61. The van der Waals surface area contributed by atoms with Crippen LogP contribution >= 0.6 is 11.1 Å². The molecule has 0 saturated heterocycles. The van der Waals surface area contributed by atoms with Gasteiger partial charge in [0.2, 0.25) is 0 Å². The average molecular weight is 177 g/mol. The molecule has 0 nitrogen and oxygen atoms in total. The molecule has 0 N–H and O–H groups in total. The highest BCUT2D eigenvalue weighted by Crippen LogP contribution is 2.40. The van der Waals surface area contributed by atoms with E-state index in [2.05, 4.69) is 13.8 Å². The van der Waals surface area contributed by atoms with Gasteiger partial charge in [-0.15, -0.1) is 0 Å². The zero-order valence-corrected chi connectivity index (χ0v) is 9.16. The largest absolute Gasteiger partial charge is 0.176 e. The Bertz CT molecular complexity index is 102. The molecule has 0 aromatic rings. The van der Waals surface area contributed by atoms with Crippen molar-refractivity contribution in [3.8, 4) is 0 Å². The zero-order valence-electron chi connectivity index (χ0n) is 6.99. The molecule has 10 heavy (non-hydrogen) atoms. The van der Waals surface area contributed by atoms with Gasteiger partial charge in [-0.3, -0.25) is 0 Å². The Hall–Kier alpha value is 0.507. The minimum absolute atomic E-state index is 0.208. The van der Waals surface area contributed by atoms with Crippen molar-refractivity contribution in [1.29, 1.82) is 0 Å². The van der Waals surface area contributed by atoms with Crippen molar-refractivity contribution >= 4 is 19.9 Å². The Kier molecular flexibility index (Phi) is 2.81. The molecular formula is C8H17ClSi. The third kappa shape index (κ3) is 2.28. The lowest BCUT2D eigenvalue weighted by atomic mass is 9.77. The third-order valence-corrected chi connectivity index (χ3v) is 5.24. The van der Waals surface area contributed by atoms with Crippen molar-refractivity contribution in [2.75, 3.05) is 0 Å². The maximum atomic E-state index is 5.91. The van der Waals surface area contributed by atoms with Gasteiger partial charge in [0.05, 0.1) is 0 Å². The van der Waals surface area contributed by atoms with Gasteiger partial charge in [0, 0.05) is 0 Å². The fourth-order valence-corrected chi connectivity index (χ4v) is 3.26. The summed E-state index contributed by atoms with van der Waals surface area (Å²) in [6.07, 6.45) is 5.61. The first-order chi connectivity index (χ1) is 4.64. The molecule has 0 unspecified atom stereocenters. The Morgan fingerprint density at radius 3 is 2.20 bits per heavy atom. The quantitative estimate of drug-likeness (QED) is 0.426. The summed E-state index contributed by atoms with van der Waals surface area (Å²) in [6, 6.07) is 0. The van der Waals surface area contributed by atoms with E-state index in [1.54, 1.807) is 0 Å². The molecule has 0 aromatic carbocycles. The van der Waals surface area contributed by atoms with Crippen LogP contribution in [0, 0.1) is 5.41 Å². The van der Waals surface area contributed by atoms with Crippen LogP contribution in [0.25, 0.3) is 0 Å². The first-order valence-electron chi connectivity index (χ1n) is 4.20. The highest BCUT2D eigenvalue weighted by atomic mass is 35.6. The fraction of sp³-hybridized carbons (Fsp3) is 1.00. The van der Waals surface area contributed by atoms with Gasteiger partial charge < -0.3 is 0 Å². The summed E-state index contributed by atoms with van der Waals surface area (Å²) < 4.78 is 0. The van der Waals surface area contributed by atoms with E-state index < -0.39 is 0 Å². The van der Waals surface area contributed by atoms with E-state index in [9.17, 15) is 0 Å². The summed E-state index contributed by atoms with van der Waals surface area (Å²) in [7, 11) is -0.208. The average Bonchev–Trinajstić information content (AvgIpc) is 1.88. The van der Waals surface area contributed by atoms with Gasteiger partial charge in [0.25, 0.3) is 0 Å². The fourth-order valence-electron chi connectivity index (χ4n) is 1.61. The van der Waals surface area contributed by atoms with Gasteiger partial charge in [-0.2, -0.15) is 11.1 Å². The molecule has 1 aliphatic carbocycles. The summed E-state index contributed by atoms with van der Waals surface area (Å²) in [5.41, 5.74) is 1.58. The summed E-state index contributed by atoms with van der Waals surface area (Å²) in [4.78, 5) is 0. The number of hydrogen-bond acceptors (Lipinski definition) is 0. The van der Waals surface area contributed by atoms with Crippen molar-refractivity contribution < 1.29 is 0 Å². The van der Waals surface area contributed by atoms with Gasteiger partial charge in [-0.1, -0.05) is 26.7 Å². The molecule has 0 spiro atoms. The summed E-state index contributed by atoms with van der Waals surface area (Å²) in [5, 5.41) is 0. The van der Waals surface area contributed by atoms with E-state index in [0.717, 1.165) is 5.54 Å². The second-order valence-electron chi connectivity index (χ2n) is 4.26. The molecule has 0 radical (unpaired) electrons. The van der Waals surface area contributed by atoms with Crippen molar-refractivity contribution in [2.45, 2.75) is 45.1 Å². The van der Waals surface area contributed by atoms with Crippen LogP contribution in [-0.4, -0.2) is 8.83 Å². The Morgan fingerprint density at radius 2 is 1.80 bits per heavy atom. The van der Waals surface area contributed by atoms with Crippen molar-refractivity contribution in [1.82, 2.24) is 0 Å². The van der Waals surface area contributed by atoms with Crippen molar-refractivity contribution in [3.05, 3.63) is 0 Å². The molecule has 1 saturated carbocycles. The molecule has 1 rings (SSSR count). The van der Waals surface area contributed by atoms with Crippen LogP contribution in [0.2, 0.25) is 5.54 Å². The first-order valence-corrected chi connectivity index (χ1v) is 7.15. The Labute approximate surface area is 70.9 Å². The molecule has 1 aliphatic rings. The maximum Gasteiger partial charge on any atom is 0.128 e. The van der Waals surface area contributed by atoms with Crippen molar-refractivity contribution in [2.24, 2.45) is 5.41 Å². The smallest absolute Gasteiger partial charge is 0.128 e.